The number of nitrogens with zero attached hydrogens (tertiary/aromatic N) is 4. The molecule has 0 saturated heterocycles. The molecule has 3 aromatic rings. The van der Waals surface area contributed by atoms with Crippen molar-refractivity contribution in [3.63, 3.8) is 0 Å². The molecule has 0 radical (unpaired) electrons. The van der Waals surface area contributed by atoms with Gasteiger partial charge in [0.05, 0.1) is 16.6 Å². The predicted molar refractivity (Wildman–Crippen MR) is 110 cm³/mol. The molecule has 3 heterocycles. The van der Waals surface area contributed by atoms with Gasteiger partial charge in [-0.25, -0.2) is 4.98 Å². The molecule has 0 aliphatic rings. The summed E-state index contributed by atoms with van der Waals surface area (Å²) in [5.74, 6) is 0.203. The Hall–Kier alpha value is -2.13. The minimum atomic E-state index is -0.276. The fourth-order valence-electron chi connectivity index (χ4n) is 2.75. The van der Waals surface area contributed by atoms with Crippen molar-refractivity contribution in [1.29, 1.82) is 0 Å². The second-order valence-corrected chi connectivity index (χ2v) is 8.95. The number of rotatable bonds is 7. The van der Waals surface area contributed by atoms with Gasteiger partial charge in [0.1, 0.15) is 9.84 Å². The van der Waals surface area contributed by atoms with Gasteiger partial charge in [-0.15, -0.1) is 21.5 Å². The van der Waals surface area contributed by atoms with Gasteiger partial charge in [-0.05, 0) is 24.8 Å². The number of thiophene rings is 1. The number of nitrogens with one attached hydrogen (secondary N) is 1. The van der Waals surface area contributed by atoms with Gasteiger partial charge in [-0.1, -0.05) is 38.5 Å². The van der Waals surface area contributed by atoms with Crippen LogP contribution in [0.3, 0.4) is 0 Å². The predicted octanol–water partition coefficient (Wildman–Crippen LogP) is 3.87. The third-order valence-corrected chi connectivity index (χ3v) is 6.21. The highest BCUT2D eigenvalue weighted by atomic mass is 32.1. The Morgan fingerprint density at radius 2 is 2.07 bits per heavy atom. The zero-order valence-electron chi connectivity index (χ0n) is 15.9. The normalized spacial score (nSPS) is 11.4. The summed E-state index contributed by atoms with van der Waals surface area (Å²) in [6, 6.07) is 0. The molecule has 0 fully saturated rings. The molecule has 0 aliphatic carbocycles. The lowest BCUT2D eigenvalue weighted by Gasteiger charge is -2.03. The van der Waals surface area contributed by atoms with Gasteiger partial charge in [-0.3, -0.25) is 19.5 Å². The molecule has 0 unspecified atom stereocenters. The molecule has 7 nitrogen and oxygen atoms in total. The summed E-state index contributed by atoms with van der Waals surface area (Å²) in [6.45, 7) is 8.74. The number of hydrogen-bond donors (Lipinski definition) is 1. The van der Waals surface area contributed by atoms with Crippen LogP contribution in [0.25, 0.3) is 10.2 Å². The third-order valence-electron chi connectivity index (χ3n) is 4.15. The number of hydrogen-bond acceptors (Lipinski definition) is 7. The second-order valence-electron chi connectivity index (χ2n) is 6.89. The summed E-state index contributed by atoms with van der Waals surface area (Å²) >= 11 is 2.62. The summed E-state index contributed by atoms with van der Waals surface area (Å²) in [4.78, 5) is 30.9. The van der Waals surface area contributed by atoms with Crippen molar-refractivity contribution in [3.05, 3.63) is 32.1 Å². The zero-order chi connectivity index (χ0) is 19.6. The Morgan fingerprint density at radius 3 is 2.78 bits per heavy atom. The monoisotopic (exact) mass is 405 g/mol. The third kappa shape index (κ3) is 4.24. The molecule has 3 rings (SSSR count). The van der Waals surface area contributed by atoms with Gasteiger partial charge in [0, 0.05) is 13.0 Å². The van der Waals surface area contributed by atoms with E-state index in [0.29, 0.717) is 38.3 Å². The molecule has 0 aliphatic heterocycles. The molecule has 144 valence electrons. The van der Waals surface area contributed by atoms with E-state index in [2.05, 4.69) is 41.3 Å². The maximum absolute atomic E-state index is 12.7. The van der Waals surface area contributed by atoms with Crippen LogP contribution in [0.15, 0.2) is 11.1 Å². The number of carbonyl (C=O) groups excluding carboxylic acids is 1. The van der Waals surface area contributed by atoms with Crippen LogP contribution < -0.4 is 10.9 Å². The van der Waals surface area contributed by atoms with Crippen LogP contribution in [-0.2, 0) is 13.0 Å². The van der Waals surface area contributed by atoms with Crippen molar-refractivity contribution in [2.24, 2.45) is 5.92 Å². The van der Waals surface area contributed by atoms with Crippen molar-refractivity contribution in [1.82, 2.24) is 19.7 Å². The first kappa shape index (κ1) is 19.6. The Labute approximate surface area is 165 Å². The van der Waals surface area contributed by atoms with Gasteiger partial charge in [0.15, 0.2) is 0 Å². The van der Waals surface area contributed by atoms with Crippen LogP contribution in [-0.4, -0.2) is 25.7 Å². The number of aryl methyl sites for hydroxylation is 2. The molecule has 0 bridgehead atoms. The highest BCUT2D eigenvalue weighted by Gasteiger charge is 2.20. The maximum Gasteiger partial charge on any atom is 0.267 e. The highest BCUT2D eigenvalue weighted by Crippen LogP contribution is 2.28. The summed E-state index contributed by atoms with van der Waals surface area (Å²) in [7, 11) is 0. The molecular weight excluding hydrogens is 382 g/mol. The number of aromatic nitrogens is 4. The zero-order valence-corrected chi connectivity index (χ0v) is 17.5. The lowest BCUT2D eigenvalue weighted by molar-refractivity contribution is 0.103. The van der Waals surface area contributed by atoms with Crippen molar-refractivity contribution >= 4 is 43.9 Å². The second kappa shape index (κ2) is 8.26. The summed E-state index contributed by atoms with van der Waals surface area (Å²) in [5.41, 5.74) is 0.583. The topological polar surface area (TPSA) is 89.8 Å². The lowest BCUT2D eigenvalue weighted by atomic mass is 10.1. The van der Waals surface area contributed by atoms with Crippen LogP contribution in [0, 0.1) is 12.8 Å². The first-order valence-corrected chi connectivity index (χ1v) is 10.7. The quantitative estimate of drug-likeness (QED) is 0.644. The van der Waals surface area contributed by atoms with E-state index in [0.717, 1.165) is 24.3 Å². The first-order chi connectivity index (χ1) is 12.9. The largest absolute Gasteiger partial charge is 0.299 e. The Balaban J connectivity index is 1.86. The van der Waals surface area contributed by atoms with E-state index in [1.165, 1.54) is 22.7 Å². The van der Waals surface area contributed by atoms with E-state index >= 15 is 0 Å². The maximum atomic E-state index is 12.7. The molecule has 3 aromatic heterocycles. The van der Waals surface area contributed by atoms with E-state index in [1.807, 2.05) is 0 Å². The van der Waals surface area contributed by atoms with Gasteiger partial charge >= 0.3 is 0 Å². The van der Waals surface area contributed by atoms with Crippen molar-refractivity contribution < 1.29 is 4.79 Å². The number of amides is 1. The standard InChI is InChI=1S/C18H23N5O2S2/c1-5-6-7-23-9-19-16-13(17(23)25)11(4)14(27-16)15(24)20-18-22-21-12(26-18)8-10(2)3/h9-10H,5-8H2,1-4H3,(H,20,22,24). The molecule has 0 aromatic carbocycles. The smallest absolute Gasteiger partial charge is 0.267 e. The molecular formula is C18H23N5O2S2. The minimum Gasteiger partial charge on any atom is -0.299 e. The molecule has 1 N–H and O–H groups in total. The van der Waals surface area contributed by atoms with Gasteiger partial charge < -0.3 is 0 Å². The highest BCUT2D eigenvalue weighted by molar-refractivity contribution is 7.21. The van der Waals surface area contributed by atoms with Gasteiger partial charge in [0.2, 0.25) is 5.13 Å². The average Bonchev–Trinajstić information content (AvgIpc) is 3.18. The number of unbranched alkanes of at least 4 members (excludes halogenated alkanes) is 1. The molecule has 0 saturated carbocycles. The molecule has 1 amide bonds. The summed E-state index contributed by atoms with van der Waals surface area (Å²) < 4.78 is 1.62. The minimum absolute atomic E-state index is 0.0867. The van der Waals surface area contributed by atoms with E-state index in [9.17, 15) is 9.59 Å². The van der Waals surface area contributed by atoms with E-state index < -0.39 is 0 Å². The van der Waals surface area contributed by atoms with Crippen LogP contribution >= 0.6 is 22.7 Å². The van der Waals surface area contributed by atoms with Gasteiger partial charge in [0.25, 0.3) is 11.5 Å². The Morgan fingerprint density at radius 1 is 1.30 bits per heavy atom. The number of carbonyl (C=O) groups is 1. The lowest BCUT2D eigenvalue weighted by Crippen LogP contribution is -2.20. The van der Waals surface area contributed by atoms with Crippen LogP contribution in [0.1, 0.15) is 53.9 Å². The number of fused-ring (bicyclic) bond motifs is 1. The van der Waals surface area contributed by atoms with Crippen molar-refractivity contribution in [3.8, 4) is 0 Å². The van der Waals surface area contributed by atoms with E-state index in [-0.39, 0.29) is 11.5 Å². The average molecular weight is 406 g/mol. The molecule has 0 atom stereocenters. The number of anilines is 1. The van der Waals surface area contributed by atoms with Crippen LogP contribution in [0.4, 0.5) is 5.13 Å². The molecule has 9 heteroatoms. The van der Waals surface area contributed by atoms with Crippen LogP contribution in [0.5, 0.6) is 0 Å². The molecule has 0 spiro atoms. The fraction of sp³-hybridized carbons (Fsp3) is 0.500. The summed E-state index contributed by atoms with van der Waals surface area (Å²) in [6.07, 6.45) is 4.32. The Bertz CT molecular complexity index is 1020. The van der Waals surface area contributed by atoms with Crippen LogP contribution in [0.2, 0.25) is 0 Å². The molecule has 27 heavy (non-hydrogen) atoms. The SMILES string of the molecule is CCCCn1cnc2sc(C(=O)Nc3nnc(CC(C)C)s3)c(C)c2c1=O. The first-order valence-electron chi connectivity index (χ1n) is 9.03. The summed E-state index contributed by atoms with van der Waals surface area (Å²) in [5, 5.41) is 12.9. The Kier molecular flexibility index (Phi) is 6.01. The van der Waals surface area contributed by atoms with E-state index in [4.69, 9.17) is 0 Å². The van der Waals surface area contributed by atoms with Crippen molar-refractivity contribution in [2.75, 3.05) is 5.32 Å². The van der Waals surface area contributed by atoms with E-state index in [1.54, 1.807) is 17.8 Å². The fourth-order valence-corrected chi connectivity index (χ4v) is 4.73. The van der Waals surface area contributed by atoms with Crippen molar-refractivity contribution in [2.45, 2.75) is 53.5 Å². The van der Waals surface area contributed by atoms with Gasteiger partial charge in [-0.2, -0.15) is 0 Å².